The first kappa shape index (κ1) is 15.3. The summed E-state index contributed by atoms with van der Waals surface area (Å²) in [6.45, 7) is 1.85. The van der Waals surface area contributed by atoms with Crippen LogP contribution in [0, 0.1) is 6.92 Å². The number of carbonyl (C=O) groups is 1. The van der Waals surface area contributed by atoms with E-state index in [4.69, 9.17) is 16.3 Å². The molecule has 0 bridgehead atoms. The lowest BCUT2D eigenvalue weighted by Crippen LogP contribution is -2.14. The van der Waals surface area contributed by atoms with Crippen molar-refractivity contribution >= 4 is 34.2 Å². The van der Waals surface area contributed by atoms with Crippen molar-refractivity contribution in [3.63, 3.8) is 0 Å². The largest absolute Gasteiger partial charge is 0.495 e. The fourth-order valence-electron chi connectivity index (χ4n) is 2.48. The molecule has 118 valence electrons. The number of pyridine rings is 1. The summed E-state index contributed by atoms with van der Waals surface area (Å²) in [6, 6.07) is 6.88. The third-order valence-corrected chi connectivity index (χ3v) is 3.78. The molecule has 2 heterocycles. The Hall–Kier alpha value is -2.60. The van der Waals surface area contributed by atoms with E-state index < -0.39 is 0 Å². The molecule has 23 heavy (non-hydrogen) atoms. The molecule has 0 unspecified atom stereocenters. The van der Waals surface area contributed by atoms with Crippen molar-refractivity contribution < 1.29 is 9.53 Å². The fourth-order valence-corrected chi connectivity index (χ4v) is 2.61. The molecule has 0 atom stereocenters. The van der Waals surface area contributed by atoms with Crippen LogP contribution in [0.4, 0.5) is 5.69 Å². The van der Waals surface area contributed by atoms with Gasteiger partial charge >= 0.3 is 0 Å². The maximum atomic E-state index is 12.5. The average Bonchev–Trinajstić information content (AvgIpc) is 2.83. The summed E-state index contributed by atoms with van der Waals surface area (Å²) in [5.74, 6) is 0.161. The minimum absolute atomic E-state index is 0.304. The topological polar surface area (TPSA) is 69.0 Å². The molecule has 0 saturated carbocycles. The molecule has 0 aliphatic carbocycles. The summed E-state index contributed by atoms with van der Waals surface area (Å²) in [5, 5.41) is 8.47. The van der Waals surface area contributed by atoms with Gasteiger partial charge in [-0.05, 0) is 31.2 Å². The Labute approximate surface area is 138 Å². The van der Waals surface area contributed by atoms with Gasteiger partial charge in [0.25, 0.3) is 5.91 Å². The number of halogens is 1. The van der Waals surface area contributed by atoms with E-state index in [9.17, 15) is 4.79 Å². The Morgan fingerprint density at radius 2 is 2.00 bits per heavy atom. The first-order valence-electron chi connectivity index (χ1n) is 6.94. The van der Waals surface area contributed by atoms with E-state index in [1.54, 1.807) is 36.0 Å². The highest BCUT2D eigenvalue weighted by Crippen LogP contribution is 2.31. The van der Waals surface area contributed by atoms with E-state index in [0.717, 1.165) is 11.1 Å². The Morgan fingerprint density at radius 1 is 1.30 bits per heavy atom. The molecule has 0 spiro atoms. The third kappa shape index (κ3) is 2.73. The quantitative estimate of drug-likeness (QED) is 0.800. The number of aryl methyl sites for hydroxylation is 2. The zero-order chi connectivity index (χ0) is 16.6. The van der Waals surface area contributed by atoms with Gasteiger partial charge in [0.15, 0.2) is 5.65 Å². The molecule has 0 saturated heterocycles. The number of aromatic nitrogens is 3. The Bertz CT molecular complexity index is 887. The molecule has 3 aromatic rings. The molecule has 1 amide bonds. The van der Waals surface area contributed by atoms with Crippen molar-refractivity contribution in [3.8, 4) is 5.75 Å². The summed E-state index contributed by atoms with van der Waals surface area (Å²) >= 11 is 5.85. The van der Waals surface area contributed by atoms with E-state index in [2.05, 4.69) is 15.4 Å². The number of methoxy groups -OCH3 is 1. The third-order valence-electron chi connectivity index (χ3n) is 3.53. The normalized spacial score (nSPS) is 10.8. The minimum Gasteiger partial charge on any atom is -0.495 e. The number of hydrogen-bond donors (Lipinski definition) is 1. The molecular formula is C16H15ClN4O2. The van der Waals surface area contributed by atoms with E-state index >= 15 is 0 Å². The van der Waals surface area contributed by atoms with E-state index in [1.165, 1.54) is 13.3 Å². The number of rotatable bonds is 3. The van der Waals surface area contributed by atoms with Crippen molar-refractivity contribution in [1.29, 1.82) is 0 Å². The van der Waals surface area contributed by atoms with Crippen molar-refractivity contribution in [2.24, 2.45) is 7.05 Å². The van der Waals surface area contributed by atoms with Gasteiger partial charge in [0, 0.05) is 24.0 Å². The number of carbonyl (C=O) groups excluding carboxylic acids is 1. The summed E-state index contributed by atoms with van der Waals surface area (Å²) in [5.41, 5.74) is 2.42. The monoisotopic (exact) mass is 330 g/mol. The fraction of sp³-hybridized carbons (Fsp3) is 0.188. The number of ether oxygens (including phenoxy) is 1. The summed E-state index contributed by atoms with van der Waals surface area (Å²) < 4.78 is 7.12. The molecule has 0 aliphatic rings. The zero-order valence-electron chi connectivity index (χ0n) is 12.9. The maximum absolute atomic E-state index is 12.5. The van der Waals surface area contributed by atoms with Crippen LogP contribution in [-0.4, -0.2) is 27.8 Å². The predicted octanol–water partition coefficient (Wildman–Crippen LogP) is 3.19. The van der Waals surface area contributed by atoms with Gasteiger partial charge in [-0.1, -0.05) is 11.6 Å². The lowest BCUT2D eigenvalue weighted by molar-refractivity contribution is 0.102. The van der Waals surface area contributed by atoms with E-state index in [1.807, 2.05) is 6.92 Å². The highest BCUT2D eigenvalue weighted by atomic mass is 35.5. The van der Waals surface area contributed by atoms with Gasteiger partial charge in [0.1, 0.15) is 11.3 Å². The second kappa shape index (κ2) is 5.89. The van der Waals surface area contributed by atoms with Crippen LogP contribution in [0.3, 0.4) is 0 Å². The summed E-state index contributed by atoms with van der Waals surface area (Å²) in [4.78, 5) is 16.9. The first-order valence-corrected chi connectivity index (χ1v) is 7.32. The molecule has 1 aromatic carbocycles. The van der Waals surface area contributed by atoms with Gasteiger partial charge in [0.05, 0.1) is 18.2 Å². The first-order chi connectivity index (χ1) is 11.0. The molecule has 0 fully saturated rings. The highest BCUT2D eigenvalue weighted by Gasteiger charge is 2.20. The average molecular weight is 331 g/mol. The second-order valence-electron chi connectivity index (χ2n) is 5.07. The van der Waals surface area contributed by atoms with Crippen molar-refractivity contribution in [2.75, 3.05) is 12.4 Å². The molecule has 0 aliphatic heterocycles. The number of fused-ring (bicyclic) bond motifs is 1. The number of hydrogen-bond acceptors (Lipinski definition) is 4. The molecular weight excluding hydrogens is 316 g/mol. The smallest absolute Gasteiger partial charge is 0.261 e. The molecule has 2 aromatic heterocycles. The number of amides is 1. The number of benzene rings is 1. The lowest BCUT2D eigenvalue weighted by Gasteiger charge is -2.10. The number of nitrogens with one attached hydrogen (secondary N) is 1. The summed E-state index contributed by atoms with van der Waals surface area (Å²) in [6.07, 6.45) is 1.49. The van der Waals surface area contributed by atoms with Gasteiger partial charge in [-0.15, -0.1) is 0 Å². The Balaban J connectivity index is 2.03. The van der Waals surface area contributed by atoms with Gasteiger partial charge in [0.2, 0.25) is 0 Å². The van der Waals surface area contributed by atoms with Crippen LogP contribution < -0.4 is 10.1 Å². The Morgan fingerprint density at radius 3 is 2.65 bits per heavy atom. The number of nitrogens with zero attached hydrogens (tertiary/aromatic N) is 3. The van der Waals surface area contributed by atoms with Crippen LogP contribution in [0.5, 0.6) is 5.75 Å². The van der Waals surface area contributed by atoms with E-state index in [-0.39, 0.29) is 5.91 Å². The van der Waals surface area contributed by atoms with Gasteiger partial charge < -0.3 is 10.1 Å². The van der Waals surface area contributed by atoms with Crippen LogP contribution in [-0.2, 0) is 7.05 Å². The van der Waals surface area contributed by atoms with Crippen LogP contribution in [0.25, 0.3) is 11.0 Å². The van der Waals surface area contributed by atoms with Crippen molar-refractivity contribution in [3.05, 3.63) is 46.7 Å². The van der Waals surface area contributed by atoms with Crippen LogP contribution >= 0.6 is 11.6 Å². The molecule has 0 radical (unpaired) electrons. The molecule has 3 rings (SSSR count). The van der Waals surface area contributed by atoms with Gasteiger partial charge in [-0.25, -0.2) is 4.98 Å². The molecule has 6 nitrogen and oxygen atoms in total. The van der Waals surface area contributed by atoms with Crippen LogP contribution in [0.2, 0.25) is 5.02 Å². The highest BCUT2D eigenvalue weighted by molar-refractivity contribution is 6.30. The van der Waals surface area contributed by atoms with Crippen molar-refractivity contribution in [1.82, 2.24) is 14.8 Å². The number of anilines is 1. The summed E-state index contributed by atoms with van der Waals surface area (Å²) in [7, 11) is 3.33. The minimum atomic E-state index is -0.304. The van der Waals surface area contributed by atoms with Gasteiger partial charge in [-0.3, -0.25) is 9.48 Å². The zero-order valence-corrected chi connectivity index (χ0v) is 13.7. The Kier molecular flexibility index (Phi) is 3.92. The van der Waals surface area contributed by atoms with E-state index in [0.29, 0.717) is 27.7 Å². The second-order valence-corrected chi connectivity index (χ2v) is 5.51. The predicted molar refractivity (Wildman–Crippen MR) is 89.2 cm³/mol. The molecule has 1 N–H and O–H groups in total. The lowest BCUT2D eigenvalue weighted by atomic mass is 10.1. The SMILES string of the molecule is COc1c(C(=O)Nc2ccc(Cl)cc2)cnc2c1c(C)nn2C. The maximum Gasteiger partial charge on any atom is 0.261 e. The molecule has 7 heteroatoms. The van der Waals surface area contributed by atoms with Crippen molar-refractivity contribution in [2.45, 2.75) is 6.92 Å². The van der Waals surface area contributed by atoms with Gasteiger partial charge in [-0.2, -0.15) is 5.10 Å². The van der Waals surface area contributed by atoms with Crippen LogP contribution in [0.15, 0.2) is 30.5 Å². The standard InChI is InChI=1S/C16H15ClN4O2/c1-9-13-14(23-3)12(8-18-15(13)21(2)20-9)16(22)19-11-6-4-10(17)5-7-11/h4-8H,1-3H3,(H,19,22). The van der Waals surface area contributed by atoms with Crippen LogP contribution in [0.1, 0.15) is 16.1 Å².